The number of piperazine rings is 3. The van der Waals surface area contributed by atoms with Gasteiger partial charge in [0, 0.05) is 6.26 Å². The van der Waals surface area contributed by atoms with Crippen LogP contribution in [0.4, 0.5) is 0 Å². The van der Waals surface area contributed by atoms with Crippen molar-refractivity contribution < 1.29 is 13.2 Å². The number of nitrogens with zero attached hydrogens (tertiary/aromatic N) is 2. The molecule has 3 nitrogen and oxygen atoms in total. The maximum absolute atomic E-state index is 11.3. The highest BCUT2D eigenvalue weighted by Crippen LogP contribution is 2.26. The topological polar surface area (TPSA) is 17.1 Å². The SMILES string of the molecule is CC[N+]12CC[N+](CS(C)=O)(CC1)CC2. The molecule has 0 spiro atoms. The summed E-state index contributed by atoms with van der Waals surface area (Å²) in [6.45, 7) is 11.3. The fourth-order valence-electron chi connectivity index (χ4n) is 3.00. The van der Waals surface area contributed by atoms with Gasteiger partial charge in [-0.2, -0.15) is 0 Å². The first-order valence-electron chi connectivity index (χ1n) is 5.60. The van der Waals surface area contributed by atoms with Gasteiger partial charge in [0.05, 0.1) is 17.3 Å². The normalized spacial score (nSPS) is 43.9. The van der Waals surface area contributed by atoms with Crippen LogP contribution in [0.1, 0.15) is 6.92 Å². The van der Waals surface area contributed by atoms with Gasteiger partial charge in [0.15, 0.2) is 5.88 Å². The number of rotatable bonds is 3. The van der Waals surface area contributed by atoms with Gasteiger partial charge in [0.2, 0.25) is 0 Å². The van der Waals surface area contributed by atoms with Crippen LogP contribution in [0.15, 0.2) is 0 Å². The highest BCUT2D eigenvalue weighted by Gasteiger charge is 2.48. The van der Waals surface area contributed by atoms with Gasteiger partial charge in [-0.25, -0.2) is 0 Å². The van der Waals surface area contributed by atoms with Crippen molar-refractivity contribution in [3.63, 3.8) is 0 Å². The van der Waals surface area contributed by atoms with Crippen molar-refractivity contribution in [2.45, 2.75) is 6.92 Å². The molecule has 3 fully saturated rings. The van der Waals surface area contributed by atoms with E-state index in [2.05, 4.69) is 6.92 Å². The zero-order chi connectivity index (χ0) is 10.2. The first-order valence-corrected chi connectivity index (χ1v) is 7.33. The molecule has 1 unspecified atom stereocenters. The molecule has 0 radical (unpaired) electrons. The summed E-state index contributed by atoms with van der Waals surface area (Å²) in [5, 5.41) is 0. The van der Waals surface area contributed by atoms with Gasteiger partial charge in [-0.05, 0) is 6.92 Å². The summed E-state index contributed by atoms with van der Waals surface area (Å²) < 4.78 is 13.8. The average Bonchev–Trinajstić information content (AvgIpc) is 2.19. The van der Waals surface area contributed by atoms with E-state index < -0.39 is 10.8 Å². The lowest BCUT2D eigenvalue weighted by Gasteiger charge is -2.54. The van der Waals surface area contributed by atoms with Crippen LogP contribution in [0.3, 0.4) is 0 Å². The summed E-state index contributed by atoms with van der Waals surface area (Å²) in [7, 11) is -0.628. The number of hydrogen-bond acceptors (Lipinski definition) is 1. The minimum Gasteiger partial charge on any atom is -0.310 e. The zero-order valence-corrected chi connectivity index (χ0v) is 10.2. The van der Waals surface area contributed by atoms with Gasteiger partial charge < -0.3 is 4.48 Å². The van der Waals surface area contributed by atoms with Gasteiger partial charge in [0.1, 0.15) is 39.3 Å². The molecule has 3 saturated heterocycles. The fourth-order valence-corrected chi connectivity index (χ4v) is 4.16. The summed E-state index contributed by atoms with van der Waals surface area (Å²) in [5.41, 5.74) is 0. The number of likely N-dealkylation sites (N-methyl/N-ethyl adjacent to an activating group) is 1. The standard InChI is InChI=1S/C10H22N2OS/c1-3-11-4-7-12(8-5-11,9-6-11)10-14(2)13/h3-10H2,1-2H3/q+2. The molecule has 3 heterocycles. The van der Waals surface area contributed by atoms with E-state index in [4.69, 9.17) is 0 Å². The second-order valence-corrected chi connectivity index (χ2v) is 6.45. The van der Waals surface area contributed by atoms with E-state index in [1.54, 1.807) is 0 Å². The van der Waals surface area contributed by atoms with Crippen LogP contribution in [-0.2, 0) is 10.8 Å². The van der Waals surface area contributed by atoms with Crippen molar-refractivity contribution in [3.05, 3.63) is 0 Å². The molecule has 3 rings (SSSR count). The fraction of sp³-hybridized carbons (Fsp3) is 1.00. The van der Waals surface area contributed by atoms with Crippen LogP contribution in [0.25, 0.3) is 0 Å². The van der Waals surface area contributed by atoms with Crippen molar-refractivity contribution in [2.75, 3.05) is 57.9 Å². The molecule has 4 heteroatoms. The second kappa shape index (κ2) is 3.58. The first-order chi connectivity index (χ1) is 6.60. The van der Waals surface area contributed by atoms with Crippen LogP contribution in [0.5, 0.6) is 0 Å². The van der Waals surface area contributed by atoms with E-state index in [0.717, 1.165) is 10.4 Å². The molecule has 0 aliphatic carbocycles. The molecule has 2 bridgehead atoms. The Morgan fingerprint density at radius 2 is 1.43 bits per heavy atom. The molecule has 0 aromatic heterocycles. The van der Waals surface area contributed by atoms with E-state index in [0.29, 0.717) is 0 Å². The minimum absolute atomic E-state index is 0.628. The smallest absolute Gasteiger partial charge is 0.155 e. The number of hydrogen-bond donors (Lipinski definition) is 0. The van der Waals surface area contributed by atoms with E-state index in [1.165, 1.54) is 50.3 Å². The molecule has 0 amide bonds. The summed E-state index contributed by atoms with van der Waals surface area (Å²) >= 11 is 0. The monoisotopic (exact) mass is 218 g/mol. The summed E-state index contributed by atoms with van der Waals surface area (Å²) in [6, 6.07) is 0. The summed E-state index contributed by atoms with van der Waals surface area (Å²) in [6.07, 6.45) is 1.85. The number of quaternary nitrogens is 2. The lowest BCUT2D eigenvalue weighted by molar-refractivity contribution is -1.07. The molecule has 0 N–H and O–H groups in total. The van der Waals surface area contributed by atoms with E-state index in [1.807, 2.05) is 6.26 Å². The molecule has 3 aliphatic heterocycles. The van der Waals surface area contributed by atoms with Crippen molar-refractivity contribution in [1.29, 1.82) is 0 Å². The summed E-state index contributed by atoms with van der Waals surface area (Å²) in [5.74, 6) is 0.893. The average molecular weight is 218 g/mol. The zero-order valence-electron chi connectivity index (χ0n) is 9.37. The Kier molecular flexibility index (Phi) is 2.70. The van der Waals surface area contributed by atoms with Gasteiger partial charge >= 0.3 is 0 Å². The maximum atomic E-state index is 11.3. The lowest BCUT2D eigenvalue weighted by atomic mass is 10.1. The largest absolute Gasteiger partial charge is 0.310 e. The Bertz CT molecular complexity index is 230. The van der Waals surface area contributed by atoms with Crippen LogP contribution < -0.4 is 0 Å². The molecule has 3 aliphatic rings. The molecule has 0 saturated carbocycles. The third-order valence-corrected chi connectivity index (χ3v) is 5.18. The third kappa shape index (κ3) is 1.75. The highest BCUT2D eigenvalue weighted by molar-refractivity contribution is 7.84. The molecule has 0 aromatic rings. The summed E-state index contributed by atoms with van der Waals surface area (Å²) in [4.78, 5) is 0. The molecule has 1 atom stereocenters. The van der Waals surface area contributed by atoms with Gasteiger partial charge in [0.25, 0.3) is 0 Å². The lowest BCUT2D eigenvalue weighted by Crippen LogP contribution is -2.75. The Morgan fingerprint density at radius 3 is 1.79 bits per heavy atom. The Balaban J connectivity index is 2.05. The van der Waals surface area contributed by atoms with Crippen molar-refractivity contribution in [1.82, 2.24) is 0 Å². The van der Waals surface area contributed by atoms with E-state index >= 15 is 0 Å². The van der Waals surface area contributed by atoms with Gasteiger partial charge in [-0.15, -0.1) is 0 Å². The van der Waals surface area contributed by atoms with Gasteiger partial charge in [-0.1, -0.05) is 0 Å². The molecular weight excluding hydrogens is 196 g/mol. The van der Waals surface area contributed by atoms with E-state index in [-0.39, 0.29) is 0 Å². The van der Waals surface area contributed by atoms with E-state index in [9.17, 15) is 4.21 Å². The molecule has 0 aromatic carbocycles. The molecular formula is C10H22N2OS+2. The van der Waals surface area contributed by atoms with Crippen molar-refractivity contribution in [2.24, 2.45) is 0 Å². The van der Waals surface area contributed by atoms with Crippen LogP contribution >= 0.6 is 0 Å². The van der Waals surface area contributed by atoms with Crippen molar-refractivity contribution >= 4 is 10.8 Å². The Labute approximate surface area is 89.3 Å². The molecule has 82 valence electrons. The van der Waals surface area contributed by atoms with Crippen LogP contribution in [0, 0.1) is 0 Å². The number of fused-ring (bicyclic) bond motifs is 3. The molecule has 14 heavy (non-hydrogen) atoms. The quantitative estimate of drug-likeness (QED) is 0.610. The maximum Gasteiger partial charge on any atom is 0.155 e. The van der Waals surface area contributed by atoms with Crippen LogP contribution in [0.2, 0.25) is 0 Å². The van der Waals surface area contributed by atoms with Crippen LogP contribution in [-0.4, -0.2) is 71.1 Å². The Hall–Kier alpha value is 0.0700. The first kappa shape index (κ1) is 10.6. The third-order valence-electron chi connectivity index (χ3n) is 4.27. The Morgan fingerprint density at radius 1 is 1.00 bits per heavy atom. The minimum atomic E-state index is -0.628. The second-order valence-electron chi connectivity index (χ2n) is 5.04. The highest BCUT2D eigenvalue weighted by atomic mass is 32.2. The van der Waals surface area contributed by atoms with Crippen molar-refractivity contribution in [3.8, 4) is 0 Å². The predicted molar refractivity (Wildman–Crippen MR) is 59.2 cm³/mol. The predicted octanol–water partition coefficient (Wildman–Crippen LogP) is 0.00310. The van der Waals surface area contributed by atoms with Gasteiger partial charge in [-0.3, -0.25) is 8.69 Å².